The third-order valence-electron chi connectivity index (χ3n) is 4.41. The molecule has 1 aromatic carbocycles. The van der Waals surface area contributed by atoms with Crippen LogP contribution in [0.15, 0.2) is 29.4 Å². The summed E-state index contributed by atoms with van der Waals surface area (Å²) in [4.78, 5) is 24.9. The first-order valence-electron chi connectivity index (χ1n) is 9.98. The van der Waals surface area contributed by atoms with Crippen LogP contribution in [0, 0.1) is 6.92 Å². The van der Waals surface area contributed by atoms with Gasteiger partial charge in [-0.25, -0.2) is 0 Å². The number of carbonyl (C=O) groups excluding carboxylic acids is 2. The third-order valence-corrected chi connectivity index (χ3v) is 6.48. The summed E-state index contributed by atoms with van der Waals surface area (Å²) in [5, 5.41) is 23.5. The van der Waals surface area contributed by atoms with E-state index in [0.717, 1.165) is 22.7 Å². The number of aryl methyl sites for hydroxylation is 2. The van der Waals surface area contributed by atoms with Crippen molar-refractivity contribution in [1.29, 1.82) is 0 Å². The molecule has 9 nitrogen and oxygen atoms in total. The van der Waals surface area contributed by atoms with Gasteiger partial charge in [0.25, 0.3) is 0 Å². The number of hydrogen-bond acceptors (Lipinski definition) is 8. The van der Waals surface area contributed by atoms with Gasteiger partial charge in [-0.2, -0.15) is 0 Å². The Morgan fingerprint density at radius 2 is 1.84 bits per heavy atom. The molecule has 0 aliphatic rings. The van der Waals surface area contributed by atoms with Gasteiger partial charge >= 0.3 is 0 Å². The monoisotopic (exact) mass is 459 g/mol. The summed E-state index contributed by atoms with van der Waals surface area (Å²) in [7, 11) is 0. The highest BCUT2D eigenvalue weighted by molar-refractivity contribution is 8.00. The number of nitrogens with zero attached hydrogens (tertiary/aromatic N) is 5. The Kier molecular flexibility index (Phi) is 7.75. The predicted molar refractivity (Wildman–Crippen MR) is 122 cm³/mol. The van der Waals surface area contributed by atoms with Gasteiger partial charge in [0.2, 0.25) is 16.9 Å². The van der Waals surface area contributed by atoms with Crippen LogP contribution in [0.4, 0.5) is 10.8 Å². The summed E-state index contributed by atoms with van der Waals surface area (Å²) >= 11 is 2.65. The van der Waals surface area contributed by atoms with Gasteiger partial charge in [-0.1, -0.05) is 47.7 Å². The molecule has 2 N–H and O–H groups in total. The number of amides is 2. The molecule has 0 spiro atoms. The van der Waals surface area contributed by atoms with E-state index in [1.165, 1.54) is 23.1 Å². The molecule has 0 bridgehead atoms. The Morgan fingerprint density at radius 1 is 1.10 bits per heavy atom. The summed E-state index contributed by atoms with van der Waals surface area (Å²) in [6.45, 7) is 8.31. The minimum Gasteiger partial charge on any atom is -0.326 e. The zero-order chi connectivity index (χ0) is 22.4. The first-order chi connectivity index (χ1) is 14.9. The van der Waals surface area contributed by atoms with Crippen LogP contribution in [-0.4, -0.2) is 42.0 Å². The molecule has 0 saturated heterocycles. The van der Waals surface area contributed by atoms with Crippen molar-refractivity contribution in [3.63, 3.8) is 0 Å². The number of anilines is 2. The lowest BCUT2D eigenvalue weighted by atomic mass is 10.2. The largest absolute Gasteiger partial charge is 0.326 e. The number of benzene rings is 1. The molecule has 3 aromatic rings. The van der Waals surface area contributed by atoms with Crippen LogP contribution in [0.2, 0.25) is 0 Å². The van der Waals surface area contributed by atoms with Crippen LogP contribution in [0.5, 0.6) is 0 Å². The topological polar surface area (TPSA) is 115 Å². The Bertz CT molecular complexity index is 1050. The van der Waals surface area contributed by atoms with Crippen LogP contribution >= 0.6 is 23.1 Å². The zero-order valence-electron chi connectivity index (χ0n) is 17.9. The summed E-state index contributed by atoms with van der Waals surface area (Å²) in [5.74, 6) is 0.198. The van der Waals surface area contributed by atoms with Crippen LogP contribution in [0.25, 0.3) is 0 Å². The van der Waals surface area contributed by atoms with Crippen molar-refractivity contribution in [2.24, 2.45) is 0 Å². The van der Waals surface area contributed by atoms with Crippen LogP contribution in [-0.2, 0) is 29.0 Å². The minimum atomic E-state index is -0.419. The second-order valence-electron chi connectivity index (χ2n) is 6.84. The molecule has 11 heteroatoms. The average Bonchev–Trinajstić information content (AvgIpc) is 3.36. The van der Waals surface area contributed by atoms with Gasteiger partial charge in [0.05, 0.1) is 11.7 Å². The van der Waals surface area contributed by atoms with Gasteiger partial charge in [-0.05, 0) is 39.3 Å². The van der Waals surface area contributed by atoms with Gasteiger partial charge in [0.1, 0.15) is 10.8 Å². The highest BCUT2D eigenvalue weighted by Crippen LogP contribution is 2.24. The predicted octanol–water partition coefficient (Wildman–Crippen LogP) is 3.32. The fourth-order valence-electron chi connectivity index (χ4n) is 2.71. The van der Waals surface area contributed by atoms with Crippen molar-refractivity contribution in [2.75, 3.05) is 10.6 Å². The Hall–Kier alpha value is -2.79. The smallest absolute Gasteiger partial charge is 0.239 e. The van der Waals surface area contributed by atoms with E-state index >= 15 is 0 Å². The van der Waals surface area contributed by atoms with Gasteiger partial charge in [0.15, 0.2) is 5.16 Å². The lowest BCUT2D eigenvalue weighted by molar-refractivity contribution is -0.116. The fraction of sp³-hybridized carbons (Fsp3) is 0.400. The van der Waals surface area contributed by atoms with Gasteiger partial charge in [-0.3, -0.25) is 14.9 Å². The van der Waals surface area contributed by atoms with Gasteiger partial charge in [0, 0.05) is 12.2 Å². The molecule has 0 fully saturated rings. The molecule has 2 amide bonds. The summed E-state index contributed by atoms with van der Waals surface area (Å²) in [5.41, 5.74) is 1.86. The maximum Gasteiger partial charge on any atom is 0.239 e. The third kappa shape index (κ3) is 6.11. The number of thioether (sulfide) groups is 1. The number of aromatic nitrogens is 5. The lowest BCUT2D eigenvalue weighted by Crippen LogP contribution is -2.23. The van der Waals surface area contributed by atoms with E-state index in [-0.39, 0.29) is 18.2 Å². The van der Waals surface area contributed by atoms with E-state index in [1.807, 2.05) is 49.6 Å². The molecule has 0 aliphatic carbocycles. The van der Waals surface area contributed by atoms with E-state index in [0.29, 0.717) is 22.7 Å². The molecule has 2 heterocycles. The molecule has 0 aliphatic heterocycles. The Morgan fingerprint density at radius 3 is 2.48 bits per heavy atom. The molecule has 31 heavy (non-hydrogen) atoms. The minimum absolute atomic E-state index is 0.0977. The SMILES string of the molecule is CCc1nnc(NC(=O)[C@@H](C)Sc2nnc(CC(=O)Nc3ccc(C)cc3)n2CC)s1. The molecule has 164 valence electrons. The number of hydrogen-bond donors (Lipinski definition) is 2. The van der Waals surface area contributed by atoms with Gasteiger partial charge < -0.3 is 9.88 Å². The van der Waals surface area contributed by atoms with Crippen molar-refractivity contribution in [2.45, 2.75) is 57.5 Å². The molecule has 0 radical (unpaired) electrons. The van der Waals surface area contributed by atoms with Crippen LogP contribution in [0.1, 0.15) is 37.2 Å². The molecule has 1 atom stereocenters. The Labute approximate surface area is 189 Å². The number of nitrogens with one attached hydrogen (secondary N) is 2. The van der Waals surface area contributed by atoms with E-state index < -0.39 is 5.25 Å². The van der Waals surface area contributed by atoms with Crippen LogP contribution in [0.3, 0.4) is 0 Å². The number of rotatable bonds is 9. The molecular weight excluding hydrogens is 434 g/mol. The molecule has 0 unspecified atom stereocenters. The summed E-state index contributed by atoms with van der Waals surface area (Å²) in [6.07, 6.45) is 0.873. The van der Waals surface area contributed by atoms with E-state index in [1.54, 1.807) is 6.92 Å². The van der Waals surface area contributed by atoms with E-state index in [2.05, 4.69) is 31.0 Å². The summed E-state index contributed by atoms with van der Waals surface area (Å²) in [6, 6.07) is 7.61. The quantitative estimate of drug-likeness (QED) is 0.472. The first-order valence-corrected chi connectivity index (χ1v) is 11.7. The average molecular weight is 460 g/mol. The van der Waals surface area contributed by atoms with Crippen molar-refractivity contribution >= 4 is 45.7 Å². The highest BCUT2D eigenvalue weighted by Gasteiger charge is 2.21. The second-order valence-corrected chi connectivity index (χ2v) is 9.21. The fourth-order valence-corrected chi connectivity index (χ4v) is 4.32. The first kappa shape index (κ1) is 22.9. The maximum atomic E-state index is 12.5. The normalized spacial score (nSPS) is 11.9. The number of carbonyl (C=O) groups is 2. The maximum absolute atomic E-state index is 12.5. The molecule has 3 rings (SSSR count). The second kappa shape index (κ2) is 10.5. The molecule has 0 saturated carbocycles. The van der Waals surface area contributed by atoms with Crippen molar-refractivity contribution < 1.29 is 9.59 Å². The molecule has 2 aromatic heterocycles. The highest BCUT2D eigenvalue weighted by atomic mass is 32.2. The van der Waals surface area contributed by atoms with Gasteiger partial charge in [-0.15, -0.1) is 20.4 Å². The van der Waals surface area contributed by atoms with Crippen molar-refractivity contribution in [3.8, 4) is 0 Å². The Balaban J connectivity index is 1.61. The zero-order valence-corrected chi connectivity index (χ0v) is 19.5. The van der Waals surface area contributed by atoms with E-state index in [9.17, 15) is 9.59 Å². The van der Waals surface area contributed by atoms with Crippen LogP contribution < -0.4 is 10.6 Å². The lowest BCUT2D eigenvalue weighted by Gasteiger charge is -2.11. The van der Waals surface area contributed by atoms with Crippen molar-refractivity contribution in [1.82, 2.24) is 25.0 Å². The molecular formula is C20H25N7O2S2. The standard InChI is InChI=1S/C20H25N7O2S2/c1-5-17-24-25-19(31-17)22-18(29)13(4)30-20-26-23-15(27(20)6-2)11-16(28)21-14-9-7-12(3)8-10-14/h7-10,13H,5-6,11H2,1-4H3,(H,21,28)(H,22,25,29)/t13-/m1/s1. The summed E-state index contributed by atoms with van der Waals surface area (Å²) < 4.78 is 1.85. The van der Waals surface area contributed by atoms with E-state index in [4.69, 9.17) is 0 Å². The van der Waals surface area contributed by atoms with Crippen molar-refractivity contribution in [3.05, 3.63) is 40.7 Å².